The molecule has 0 spiro atoms. The zero-order chi connectivity index (χ0) is 14.5. The van der Waals surface area contributed by atoms with Gasteiger partial charge in [-0.15, -0.1) is 0 Å². The van der Waals surface area contributed by atoms with E-state index in [9.17, 15) is 4.79 Å². The highest BCUT2D eigenvalue weighted by atomic mass is 16.4. The van der Waals surface area contributed by atoms with Crippen molar-refractivity contribution in [1.29, 1.82) is 0 Å². The number of nitrogen functional groups attached to an aromatic ring is 1. The number of carboxylic acid groups (broad SMARTS) is 1. The first-order chi connectivity index (χ1) is 9.61. The fourth-order valence-electron chi connectivity index (χ4n) is 1.96. The van der Waals surface area contributed by atoms with E-state index in [-0.39, 0.29) is 5.56 Å². The Morgan fingerprint density at radius 3 is 2.80 bits per heavy atom. The maximum atomic E-state index is 10.8. The molecular formula is C15H17N3O2. The first-order valence-electron chi connectivity index (χ1n) is 6.45. The molecule has 2 rings (SSSR count). The maximum absolute atomic E-state index is 10.8. The lowest BCUT2D eigenvalue weighted by Gasteiger charge is -2.12. The van der Waals surface area contributed by atoms with Crippen LogP contribution in [-0.4, -0.2) is 16.1 Å². The molecule has 0 bridgehead atoms. The number of nitrogens with two attached hydrogens (primary N) is 1. The van der Waals surface area contributed by atoms with Gasteiger partial charge in [-0.1, -0.05) is 31.5 Å². The molecule has 0 saturated heterocycles. The molecule has 0 atom stereocenters. The van der Waals surface area contributed by atoms with Crippen molar-refractivity contribution in [3.8, 4) is 0 Å². The summed E-state index contributed by atoms with van der Waals surface area (Å²) in [7, 11) is 0. The molecule has 5 heteroatoms. The third-order valence-electron chi connectivity index (χ3n) is 2.95. The van der Waals surface area contributed by atoms with Crippen LogP contribution in [0.3, 0.4) is 0 Å². The molecule has 0 fully saturated rings. The second kappa shape index (κ2) is 6.06. The monoisotopic (exact) mass is 271 g/mol. The molecule has 0 saturated carbocycles. The Morgan fingerprint density at radius 1 is 1.40 bits per heavy atom. The van der Waals surface area contributed by atoms with Gasteiger partial charge in [0.2, 0.25) is 0 Å². The number of anilines is 3. The fraction of sp³-hybridized carbons (Fsp3) is 0.200. The van der Waals surface area contributed by atoms with E-state index in [0.717, 1.165) is 18.5 Å². The molecular weight excluding hydrogens is 254 g/mol. The van der Waals surface area contributed by atoms with Crippen molar-refractivity contribution in [2.24, 2.45) is 0 Å². The lowest BCUT2D eigenvalue weighted by molar-refractivity contribution is 0.0696. The summed E-state index contributed by atoms with van der Waals surface area (Å²) >= 11 is 0. The van der Waals surface area contributed by atoms with Crippen molar-refractivity contribution in [3.05, 3.63) is 47.7 Å². The number of benzene rings is 1. The van der Waals surface area contributed by atoms with Crippen LogP contribution in [-0.2, 0) is 6.42 Å². The van der Waals surface area contributed by atoms with E-state index in [1.807, 2.05) is 24.3 Å². The van der Waals surface area contributed by atoms with Gasteiger partial charge in [0.15, 0.2) is 5.82 Å². The third-order valence-corrected chi connectivity index (χ3v) is 2.95. The van der Waals surface area contributed by atoms with Gasteiger partial charge in [-0.25, -0.2) is 9.78 Å². The molecule has 104 valence electrons. The Morgan fingerprint density at radius 2 is 2.15 bits per heavy atom. The fourth-order valence-corrected chi connectivity index (χ4v) is 1.96. The van der Waals surface area contributed by atoms with Crippen LogP contribution >= 0.6 is 0 Å². The lowest BCUT2D eigenvalue weighted by atomic mass is 10.1. The quantitative estimate of drug-likeness (QED) is 0.777. The van der Waals surface area contributed by atoms with Crippen molar-refractivity contribution >= 4 is 23.2 Å². The van der Waals surface area contributed by atoms with Gasteiger partial charge in [0, 0.05) is 11.9 Å². The summed E-state index contributed by atoms with van der Waals surface area (Å²) in [5.74, 6) is -0.569. The van der Waals surface area contributed by atoms with Gasteiger partial charge in [-0.2, -0.15) is 0 Å². The van der Waals surface area contributed by atoms with Gasteiger partial charge in [-0.05, 0) is 24.1 Å². The minimum Gasteiger partial charge on any atom is -0.478 e. The maximum Gasteiger partial charge on any atom is 0.337 e. The number of pyridine rings is 1. The first-order valence-corrected chi connectivity index (χ1v) is 6.45. The number of carbonyl (C=O) groups is 1. The van der Waals surface area contributed by atoms with Crippen LogP contribution in [0.2, 0.25) is 0 Å². The topological polar surface area (TPSA) is 88.2 Å². The smallest absolute Gasteiger partial charge is 0.337 e. The summed E-state index contributed by atoms with van der Waals surface area (Å²) in [6.07, 6.45) is 3.29. The van der Waals surface area contributed by atoms with E-state index in [1.165, 1.54) is 17.8 Å². The molecule has 0 amide bonds. The predicted octanol–water partition coefficient (Wildman–Crippen LogP) is 3.06. The molecule has 20 heavy (non-hydrogen) atoms. The SMILES string of the molecule is CCCc1ccccc1Nc1ncc(C(=O)O)cc1N. The number of carboxylic acids is 1. The van der Waals surface area contributed by atoms with Gasteiger partial charge in [0.05, 0.1) is 11.3 Å². The highest BCUT2D eigenvalue weighted by Gasteiger charge is 2.09. The van der Waals surface area contributed by atoms with Crippen molar-refractivity contribution in [2.45, 2.75) is 19.8 Å². The molecule has 0 radical (unpaired) electrons. The molecule has 4 N–H and O–H groups in total. The Labute approximate surface area is 117 Å². The van der Waals surface area contributed by atoms with Gasteiger partial charge in [-0.3, -0.25) is 0 Å². The number of nitrogens with one attached hydrogen (secondary N) is 1. The summed E-state index contributed by atoms with van der Waals surface area (Å²) in [6.45, 7) is 2.12. The minimum atomic E-state index is -1.04. The molecule has 2 aromatic rings. The molecule has 5 nitrogen and oxygen atoms in total. The Balaban J connectivity index is 2.28. The van der Waals surface area contributed by atoms with E-state index >= 15 is 0 Å². The summed E-state index contributed by atoms with van der Waals surface area (Å²) in [6, 6.07) is 9.33. The molecule has 0 aliphatic carbocycles. The lowest BCUT2D eigenvalue weighted by Crippen LogP contribution is -2.05. The Hall–Kier alpha value is -2.56. The average Bonchev–Trinajstić information content (AvgIpc) is 2.43. The van der Waals surface area contributed by atoms with Crippen LogP contribution in [0.1, 0.15) is 29.3 Å². The molecule has 1 aromatic carbocycles. The van der Waals surface area contributed by atoms with Crippen molar-refractivity contribution in [1.82, 2.24) is 4.98 Å². The normalized spacial score (nSPS) is 10.2. The van der Waals surface area contributed by atoms with Crippen molar-refractivity contribution in [2.75, 3.05) is 11.1 Å². The predicted molar refractivity (Wildman–Crippen MR) is 79.3 cm³/mol. The zero-order valence-corrected chi connectivity index (χ0v) is 11.3. The Kier molecular flexibility index (Phi) is 4.20. The van der Waals surface area contributed by atoms with E-state index in [2.05, 4.69) is 17.2 Å². The van der Waals surface area contributed by atoms with Gasteiger partial charge < -0.3 is 16.2 Å². The van der Waals surface area contributed by atoms with Gasteiger partial charge >= 0.3 is 5.97 Å². The van der Waals surface area contributed by atoms with E-state index in [1.54, 1.807) is 0 Å². The first kappa shape index (κ1) is 13.9. The van der Waals surface area contributed by atoms with Gasteiger partial charge in [0.25, 0.3) is 0 Å². The molecule has 0 unspecified atom stereocenters. The largest absolute Gasteiger partial charge is 0.478 e. The minimum absolute atomic E-state index is 0.0786. The van der Waals surface area contributed by atoms with Crippen LogP contribution in [0.25, 0.3) is 0 Å². The second-order valence-corrected chi connectivity index (χ2v) is 4.50. The summed E-state index contributed by atoms with van der Waals surface area (Å²) in [5.41, 5.74) is 8.36. The van der Waals surface area contributed by atoms with Crippen LogP contribution in [0, 0.1) is 0 Å². The number of rotatable bonds is 5. The number of nitrogens with zero attached hydrogens (tertiary/aromatic N) is 1. The second-order valence-electron chi connectivity index (χ2n) is 4.50. The summed E-state index contributed by atoms with van der Waals surface area (Å²) in [5, 5.41) is 12.1. The van der Waals surface area contributed by atoms with Gasteiger partial charge in [0.1, 0.15) is 0 Å². The van der Waals surface area contributed by atoms with Crippen molar-refractivity contribution < 1.29 is 9.90 Å². The third kappa shape index (κ3) is 3.06. The van der Waals surface area contributed by atoms with Crippen LogP contribution in [0.4, 0.5) is 17.2 Å². The number of hydrogen-bond donors (Lipinski definition) is 3. The van der Waals surface area contributed by atoms with Crippen molar-refractivity contribution in [3.63, 3.8) is 0 Å². The Bertz CT molecular complexity index is 626. The average molecular weight is 271 g/mol. The van der Waals surface area contributed by atoms with Crippen LogP contribution in [0.5, 0.6) is 0 Å². The van der Waals surface area contributed by atoms with Crippen LogP contribution in [0.15, 0.2) is 36.5 Å². The molecule has 1 aromatic heterocycles. The van der Waals surface area contributed by atoms with Crippen LogP contribution < -0.4 is 11.1 Å². The zero-order valence-electron chi connectivity index (χ0n) is 11.3. The molecule has 1 heterocycles. The number of para-hydroxylation sites is 1. The van der Waals surface area contributed by atoms with E-state index in [0.29, 0.717) is 11.5 Å². The van der Waals surface area contributed by atoms with E-state index < -0.39 is 5.97 Å². The summed E-state index contributed by atoms with van der Waals surface area (Å²) < 4.78 is 0. The number of aromatic carboxylic acids is 1. The molecule has 0 aliphatic heterocycles. The number of aromatic nitrogens is 1. The summed E-state index contributed by atoms with van der Waals surface area (Å²) in [4.78, 5) is 14.9. The highest BCUT2D eigenvalue weighted by molar-refractivity contribution is 5.89. The standard InChI is InChI=1S/C15H17N3O2/c1-2-5-10-6-3-4-7-13(10)18-14-12(16)8-11(9-17-14)15(19)20/h3-4,6-9H,2,5,16H2,1H3,(H,17,18)(H,19,20). The van der Waals surface area contributed by atoms with E-state index in [4.69, 9.17) is 10.8 Å². The molecule has 0 aliphatic rings. The number of hydrogen-bond acceptors (Lipinski definition) is 4. The number of aryl methyl sites for hydroxylation is 1. The highest BCUT2D eigenvalue weighted by Crippen LogP contribution is 2.24.